The van der Waals surface area contributed by atoms with E-state index < -0.39 is 11.9 Å². The van der Waals surface area contributed by atoms with Crippen LogP contribution in [0.1, 0.15) is 26.3 Å². The van der Waals surface area contributed by atoms with Gasteiger partial charge in [0.1, 0.15) is 5.75 Å². The van der Waals surface area contributed by atoms with Crippen molar-refractivity contribution in [2.24, 2.45) is 0 Å². The predicted octanol–water partition coefficient (Wildman–Crippen LogP) is 2.63. The number of nitrogens with one attached hydrogen (secondary N) is 1. The predicted molar refractivity (Wildman–Crippen MR) is 82.3 cm³/mol. The molecule has 5 nitrogen and oxygen atoms in total. The largest absolute Gasteiger partial charge is 0.495 e. The highest BCUT2D eigenvalue weighted by atomic mass is 16.5. The van der Waals surface area contributed by atoms with E-state index in [9.17, 15) is 9.59 Å². The topological polar surface area (TPSA) is 75.6 Å². The van der Waals surface area contributed by atoms with Gasteiger partial charge in [0.2, 0.25) is 0 Å². The minimum Gasteiger partial charge on any atom is -0.495 e. The molecule has 0 saturated carbocycles. The van der Waals surface area contributed by atoms with Crippen molar-refractivity contribution in [1.29, 1.82) is 0 Å². The van der Waals surface area contributed by atoms with E-state index in [2.05, 4.69) is 11.2 Å². The summed E-state index contributed by atoms with van der Waals surface area (Å²) in [5, 5.41) is 11.7. The molecule has 2 aromatic rings. The first kappa shape index (κ1) is 15.1. The van der Waals surface area contributed by atoms with Crippen LogP contribution in [-0.2, 0) is 0 Å². The summed E-state index contributed by atoms with van der Waals surface area (Å²) in [5.41, 5.74) is 1.04. The van der Waals surface area contributed by atoms with E-state index in [0.717, 1.165) is 0 Å². The first-order valence-electron chi connectivity index (χ1n) is 6.35. The van der Waals surface area contributed by atoms with Gasteiger partial charge in [-0.25, -0.2) is 4.79 Å². The van der Waals surface area contributed by atoms with Crippen LogP contribution in [0.4, 0.5) is 5.69 Å². The van der Waals surface area contributed by atoms with Gasteiger partial charge >= 0.3 is 5.97 Å². The maximum atomic E-state index is 12.2. The Morgan fingerprint density at radius 1 is 1.18 bits per heavy atom. The zero-order chi connectivity index (χ0) is 16.1. The number of carboxylic acid groups (broad SMARTS) is 1. The van der Waals surface area contributed by atoms with Gasteiger partial charge in [0.25, 0.3) is 5.91 Å². The van der Waals surface area contributed by atoms with E-state index in [-0.39, 0.29) is 11.1 Å². The number of hydrogen-bond acceptors (Lipinski definition) is 3. The van der Waals surface area contributed by atoms with Crippen molar-refractivity contribution in [1.82, 2.24) is 0 Å². The molecule has 0 aliphatic rings. The Morgan fingerprint density at radius 2 is 1.86 bits per heavy atom. The zero-order valence-corrected chi connectivity index (χ0v) is 11.8. The minimum atomic E-state index is -1.16. The van der Waals surface area contributed by atoms with Gasteiger partial charge in [0.05, 0.1) is 23.8 Å². The minimum absolute atomic E-state index is 0.0628. The average Bonchev–Trinajstić information content (AvgIpc) is 2.54. The maximum absolute atomic E-state index is 12.2. The van der Waals surface area contributed by atoms with Gasteiger partial charge in [-0.05, 0) is 24.3 Å². The summed E-state index contributed by atoms with van der Waals surface area (Å²) in [5.74, 6) is 1.24. The molecule has 0 spiro atoms. The lowest BCUT2D eigenvalue weighted by Crippen LogP contribution is -2.16. The lowest BCUT2D eigenvalue weighted by atomic mass is 10.1. The lowest BCUT2D eigenvalue weighted by Gasteiger charge is -2.10. The Kier molecular flexibility index (Phi) is 4.44. The van der Waals surface area contributed by atoms with Crippen molar-refractivity contribution in [2.45, 2.75) is 0 Å². The number of carboxylic acids is 1. The van der Waals surface area contributed by atoms with Crippen LogP contribution >= 0.6 is 0 Å². The SMILES string of the molecule is C#Cc1ccc(NC(=O)c2ccccc2C(=O)O)cc1OC. The van der Waals surface area contributed by atoms with Crippen molar-refractivity contribution in [3.8, 4) is 18.1 Å². The number of rotatable bonds is 4. The number of carbonyl (C=O) groups is 2. The molecule has 0 bridgehead atoms. The summed E-state index contributed by atoms with van der Waals surface area (Å²) >= 11 is 0. The molecule has 0 aliphatic heterocycles. The van der Waals surface area contributed by atoms with Crippen LogP contribution in [-0.4, -0.2) is 24.1 Å². The number of hydrogen-bond donors (Lipinski definition) is 2. The van der Waals surface area contributed by atoms with Gasteiger partial charge < -0.3 is 15.2 Å². The van der Waals surface area contributed by atoms with E-state index in [1.807, 2.05) is 0 Å². The quantitative estimate of drug-likeness (QED) is 0.850. The van der Waals surface area contributed by atoms with Crippen molar-refractivity contribution < 1.29 is 19.4 Å². The Balaban J connectivity index is 2.30. The summed E-state index contributed by atoms with van der Waals surface area (Å²) in [6, 6.07) is 10.8. The van der Waals surface area contributed by atoms with E-state index in [4.69, 9.17) is 16.3 Å². The molecule has 0 heterocycles. The summed E-state index contributed by atoms with van der Waals surface area (Å²) in [7, 11) is 1.47. The fourth-order valence-corrected chi connectivity index (χ4v) is 1.95. The number of methoxy groups -OCH3 is 1. The Bertz CT molecular complexity index is 774. The fraction of sp³-hybridized carbons (Fsp3) is 0.0588. The van der Waals surface area contributed by atoms with E-state index in [0.29, 0.717) is 17.0 Å². The highest BCUT2D eigenvalue weighted by Crippen LogP contribution is 2.23. The lowest BCUT2D eigenvalue weighted by molar-refractivity contribution is 0.0692. The summed E-state index contributed by atoms with van der Waals surface area (Å²) < 4.78 is 5.14. The molecule has 0 fully saturated rings. The number of aromatic carboxylic acids is 1. The molecule has 0 radical (unpaired) electrons. The van der Waals surface area contributed by atoms with Gasteiger partial charge in [-0.1, -0.05) is 18.1 Å². The van der Waals surface area contributed by atoms with Crippen molar-refractivity contribution in [3.05, 3.63) is 59.2 Å². The number of carbonyl (C=O) groups excluding carboxylic acids is 1. The third kappa shape index (κ3) is 3.07. The van der Waals surface area contributed by atoms with Gasteiger partial charge in [0, 0.05) is 11.8 Å². The summed E-state index contributed by atoms with van der Waals surface area (Å²) in [6.45, 7) is 0. The molecule has 1 amide bonds. The molecular weight excluding hydrogens is 282 g/mol. The molecule has 0 aliphatic carbocycles. The van der Waals surface area contributed by atoms with Crippen molar-refractivity contribution in [3.63, 3.8) is 0 Å². The smallest absolute Gasteiger partial charge is 0.336 e. The molecule has 0 saturated heterocycles. The van der Waals surface area contributed by atoms with Crippen LogP contribution in [0.15, 0.2) is 42.5 Å². The van der Waals surface area contributed by atoms with E-state index in [1.165, 1.54) is 19.2 Å². The third-order valence-electron chi connectivity index (χ3n) is 3.02. The van der Waals surface area contributed by atoms with Gasteiger partial charge in [-0.3, -0.25) is 4.79 Å². The van der Waals surface area contributed by atoms with Crippen LogP contribution in [0.3, 0.4) is 0 Å². The normalized spacial score (nSPS) is 9.64. The fourth-order valence-electron chi connectivity index (χ4n) is 1.95. The molecule has 22 heavy (non-hydrogen) atoms. The number of terminal acetylenes is 1. The monoisotopic (exact) mass is 295 g/mol. The molecular formula is C17H13NO4. The van der Waals surface area contributed by atoms with E-state index >= 15 is 0 Å². The Morgan fingerprint density at radius 3 is 2.45 bits per heavy atom. The molecule has 2 N–H and O–H groups in total. The molecule has 2 aromatic carbocycles. The van der Waals surface area contributed by atoms with Gasteiger partial charge in [0.15, 0.2) is 0 Å². The number of amides is 1. The van der Waals surface area contributed by atoms with Gasteiger partial charge in [-0.2, -0.15) is 0 Å². The molecule has 0 aromatic heterocycles. The Labute approximate surface area is 127 Å². The summed E-state index contributed by atoms with van der Waals surface area (Å²) in [4.78, 5) is 23.4. The van der Waals surface area contributed by atoms with Crippen molar-refractivity contribution in [2.75, 3.05) is 12.4 Å². The van der Waals surface area contributed by atoms with Crippen LogP contribution in [0.2, 0.25) is 0 Å². The van der Waals surface area contributed by atoms with Crippen LogP contribution < -0.4 is 10.1 Å². The molecule has 2 rings (SSSR count). The number of ether oxygens (including phenoxy) is 1. The van der Waals surface area contributed by atoms with E-state index in [1.54, 1.807) is 30.3 Å². The first-order chi connectivity index (χ1) is 10.6. The first-order valence-corrected chi connectivity index (χ1v) is 6.35. The molecule has 110 valence electrons. The number of anilines is 1. The molecule has 0 atom stereocenters. The average molecular weight is 295 g/mol. The second-order valence-electron chi connectivity index (χ2n) is 4.36. The third-order valence-corrected chi connectivity index (χ3v) is 3.02. The maximum Gasteiger partial charge on any atom is 0.336 e. The highest BCUT2D eigenvalue weighted by molar-refractivity contribution is 6.10. The molecule has 0 unspecified atom stereocenters. The summed E-state index contributed by atoms with van der Waals surface area (Å²) in [6.07, 6.45) is 5.34. The zero-order valence-electron chi connectivity index (χ0n) is 11.8. The highest BCUT2D eigenvalue weighted by Gasteiger charge is 2.16. The van der Waals surface area contributed by atoms with Crippen LogP contribution in [0, 0.1) is 12.3 Å². The molecule has 5 heteroatoms. The standard InChI is InChI=1S/C17H13NO4/c1-3-11-8-9-12(10-15(11)22-2)18-16(19)13-6-4-5-7-14(13)17(20)21/h1,4-10H,2H3,(H,18,19)(H,20,21). The van der Waals surface area contributed by atoms with Gasteiger partial charge in [-0.15, -0.1) is 6.42 Å². The second-order valence-corrected chi connectivity index (χ2v) is 4.36. The van der Waals surface area contributed by atoms with Crippen molar-refractivity contribution >= 4 is 17.6 Å². The van der Waals surface area contributed by atoms with Crippen LogP contribution in [0.5, 0.6) is 5.75 Å². The Hall–Kier alpha value is -3.26. The second kappa shape index (κ2) is 6.46. The number of benzene rings is 2. The van der Waals surface area contributed by atoms with Crippen LogP contribution in [0.25, 0.3) is 0 Å².